The lowest BCUT2D eigenvalue weighted by Crippen LogP contribution is -2.47. The number of ether oxygens (including phenoxy) is 1. The number of benzene rings is 1. The smallest absolute Gasteiger partial charge is 0.240 e. The van der Waals surface area contributed by atoms with Crippen LogP contribution in [0.2, 0.25) is 0 Å². The van der Waals surface area contributed by atoms with Gasteiger partial charge in [0, 0.05) is 19.8 Å². The summed E-state index contributed by atoms with van der Waals surface area (Å²) in [5.74, 6) is 0. The Bertz CT molecular complexity index is 506. The molecule has 1 fully saturated rings. The van der Waals surface area contributed by atoms with Gasteiger partial charge in [-0.15, -0.1) is 0 Å². The van der Waals surface area contributed by atoms with Gasteiger partial charge in [-0.1, -0.05) is 12.1 Å². The van der Waals surface area contributed by atoms with E-state index in [1.165, 1.54) is 0 Å². The molecule has 1 aliphatic rings. The molecule has 1 aliphatic carbocycles. The predicted molar refractivity (Wildman–Crippen MR) is 71.4 cm³/mol. The van der Waals surface area contributed by atoms with E-state index in [0.717, 1.165) is 18.4 Å². The first-order chi connectivity index (χ1) is 9.05. The van der Waals surface area contributed by atoms with Crippen LogP contribution >= 0.6 is 0 Å². The summed E-state index contributed by atoms with van der Waals surface area (Å²) in [6.07, 6.45) is 2.14. The largest absolute Gasteiger partial charge is 0.396 e. The molecule has 0 saturated heterocycles. The van der Waals surface area contributed by atoms with E-state index in [0.29, 0.717) is 6.42 Å². The van der Waals surface area contributed by atoms with Crippen LogP contribution in [0.15, 0.2) is 29.2 Å². The zero-order chi connectivity index (χ0) is 13.9. The van der Waals surface area contributed by atoms with Gasteiger partial charge in [-0.25, -0.2) is 13.1 Å². The number of hydrogen-bond donors (Lipinski definition) is 2. The highest BCUT2D eigenvalue weighted by Crippen LogP contribution is 2.24. The van der Waals surface area contributed by atoms with Crippen LogP contribution in [-0.4, -0.2) is 39.4 Å². The van der Waals surface area contributed by atoms with Gasteiger partial charge in [0.1, 0.15) is 0 Å². The van der Waals surface area contributed by atoms with Crippen LogP contribution in [0, 0.1) is 0 Å². The molecule has 0 heterocycles. The maximum absolute atomic E-state index is 12.1. The Morgan fingerprint density at radius 3 is 2.47 bits per heavy atom. The third kappa shape index (κ3) is 3.54. The number of methoxy groups -OCH3 is 1. The highest BCUT2D eigenvalue weighted by Gasteiger charge is 2.32. The van der Waals surface area contributed by atoms with Crippen LogP contribution in [-0.2, 0) is 21.2 Å². The second-order valence-corrected chi connectivity index (χ2v) is 6.48. The summed E-state index contributed by atoms with van der Waals surface area (Å²) < 4.78 is 32.0. The van der Waals surface area contributed by atoms with Gasteiger partial charge >= 0.3 is 0 Å². The van der Waals surface area contributed by atoms with Gasteiger partial charge in [0.2, 0.25) is 10.0 Å². The Morgan fingerprint density at radius 1 is 1.32 bits per heavy atom. The van der Waals surface area contributed by atoms with E-state index in [1.54, 1.807) is 31.4 Å². The first-order valence-electron chi connectivity index (χ1n) is 6.30. The zero-order valence-electron chi connectivity index (χ0n) is 10.9. The normalized spacial score (nSPS) is 23.1. The molecule has 1 aromatic rings. The highest BCUT2D eigenvalue weighted by atomic mass is 32.2. The number of hydrogen-bond acceptors (Lipinski definition) is 4. The summed E-state index contributed by atoms with van der Waals surface area (Å²) in [5.41, 5.74) is 0.921. The summed E-state index contributed by atoms with van der Waals surface area (Å²) in [5, 5.41) is 8.81. The monoisotopic (exact) mass is 285 g/mol. The lowest BCUT2D eigenvalue weighted by Gasteiger charge is -2.34. The van der Waals surface area contributed by atoms with Crippen molar-refractivity contribution < 1.29 is 18.3 Å². The summed E-state index contributed by atoms with van der Waals surface area (Å²) >= 11 is 0. The van der Waals surface area contributed by atoms with Crippen molar-refractivity contribution in [2.24, 2.45) is 0 Å². The number of rotatable bonds is 6. The Labute approximate surface area is 113 Å². The van der Waals surface area contributed by atoms with E-state index in [9.17, 15) is 8.42 Å². The van der Waals surface area contributed by atoms with E-state index in [4.69, 9.17) is 9.84 Å². The minimum absolute atomic E-state index is 0.0351. The van der Waals surface area contributed by atoms with E-state index < -0.39 is 10.0 Å². The predicted octanol–water partition coefficient (Wildman–Crippen LogP) is 0.677. The van der Waals surface area contributed by atoms with Crippen molar-refractivity contribution in [2.75, 3.05) is 13.7 Å². The average Bonchev–Trinajstić information content (AvgIpc) is 2.34. The Balaban J connectivity index is 1.99. The van der Waals surface area contributed by atoms with Crippen LogP contribution in [0.1, 0.15) is 18.4 Å². The van der Waals surface area contributed by atoms with Crippen LogP contribution in [0.25, 0.3) is 0 Å². The van der Waals surface area contributed by atoms with Crippen LogP contribution in [0.4, 0.5) is 0 Å². The molecule has 1 aromatic carbocycles. The first kappa shape index (κ1) is 14.5. The molecule has 0 unspecified atom stereocenters. The third-order valence-corrected chi connectivity index (χ3v) is 4.92. The van der Waals surface area contributed by atoms with Gasteiger partial charge < -0.3 is 9.84 Å². The minimum Gasteiger partial charge on any atom is -0.396 e. The Kier molecular flexibility index (Phi) is 4.57. The molecule has 5 nitrogen and oxygen atoms in total. The maximum Gasteiger partial charge on any atom is 0.240 e. The Hall–Kier alpha value is -0.950. The zero-order valence-corrected chi connectivity index (χ0v) is 11.7. The number of nitrogens with one attached hydrogen (secondary N) is 1. The van der Waals surface area contributed by atoms with Gasteiger partial charge in [-0.3, -0.25) is 0 Å². The van der Waals surface area contributed by atoms with Crippen LogP contribution in [0.5, 0.6) is 0 Å². The lowest BCUT2D eigenvalue weighted by atomic mass is 9.90. The molecule has 0 radical (unpaired) electrons. The second kappa shape index (κ2) is 6.00. The SMILES string of the molecule is COC1CC(NS(=O)(=O)c2ccc(CCO)cc2)C1. The maximum atomic E-state index is 12.1. The van der Waals surface area contributed by atoms with Gasteiger partial charge in [0.25, 0.3) is 0 Å². The van der Waals surface area contributed by atoms with Crippen molar-refractivity contribution in [3.8, 4) is 0 Å². The topological polar surface area (TPSA) is 75.6 Å². The molecule has 0 aromatic heterocycles. The summed E-state index contributed by atoms with van der Waals surface area (Å²) in [4.78, 5) is 0.259. The minimum atomic E-state index is -3.45. The fraction of sp³-hybridized carbons (Fsp3) is 0.538. The van der Waals surface area contributed by atoms with E-state index in [1.807, 2.05) is 0 Å². The molecule has 6 heteroatoms. The molecule has 0 spiro atoms. The number of aliphatic hydroxyl groups is 1. The Morgan fingerprint density at radius 2 is 1.95 bits per heavy atom. The molecular weight excluding hydrogens is 266 g/mol. The van der Waals surface area contributed by atoms with Gasteiger partial charge in [-0.2, -0.15) is 0 Å². The summed E-state index contributed by atoms with van der Waals surface area (Å²) in [7, 11) is -1.82. The number of sulfonamides is 1. The van der Waals surface area contributed by atoms with Crippen molar-refractivity contribution in [1.82, 2.24) is 4.72 Å². The molecule has 106 valence electrons. The van der Waals surface area contributed by atoms with E-state index in [2.05, 4.69) is 4.72 Å². The van der Waals surface area contributed by atoms with Crippen molar-refractivity contribution in [3.05, 3.63) is 29.8 Å². The molecular formula is C13H19NO4S. The van der Waals surface area contributed by atoms with Crippen molar-refractivity contribution >= 4 is 10.0 Å². The molecule has 2 N–H and O–H groups in total. The summed E-state index contributed by atoms with van der Waals surface area (Å²) in [6.45, 7) is 0.0603. The van der Waals surface area contributed by atoms with Crippen molar-refractivity contribution in [2.45, 2.75) is 36.3 Å². The quantitative estimate of drug-likeness (QED) is 0.806. The number of aliphatic hydroxyl groups excluding tert-OH is 1. The second-order valence-electron chi connectivity index (χ2n) is 4.76. The van der Waals surface area contributed by atoms with E-state index in [-0.39, 0.29) is 23.6 Å². The molecule has 0 atom stereocenters. The van der Waals surface area contributed by atoms with Gasteiger partial charge in [-0.05, 0) is 37.0 Å². The molecule has 0 bridgehead atoms. The average molecular weight is 285 g/mol. The molecule has 1 saturated carbocycles. The van der Waals surface area contributed by atoms with Crippen molar-refractivity contribution in [1.29, 1.82) is 0 Å². The van der Waals surface area contributed by atoms with E-state index >= 15 is 0 Å². The van der Waals surface area contributed by atoms with Crippen molar-refractivity contribution in [3.63, 3.8) is 0 Å². The fourth-order valence-electron chi connectivity index (χ4n) is 2.11. The van der Waals surface area contributed by atoms with Gasteiger partial charge in [0.05, 0.1) is 11.0 Å². The standard InChI is InChI=1S/C13H19NO4S/c1-18-12-8-11(9-12)14-19(16,17)13-4-2-10(3-5-13)6-7-15/h2-5,11-12,14-15H,6-9H2,1H3. The van der Waals surface area contributed by atoms with Crippen LogP contribution in [0.3, 0.4) is 0 Å². The molecule has 2 rings (SSSR count). The highest BCUT2D eigenvalue weighted by molar-refractivity contribution is 7.89. The van der Waals surface area contributed by atoms with Gasteiger partial charge in [0.15, 0.2) is 0 Å². The fourth-order valence-corrected chi connectivity index (χ4v) is 3.37. The molecule has 0 amide bonds. The third-order valence-electron chi connectivity index (χ3n) is 3.38. The summed E-state index contributed by atoms with van der Waals surface area (Å²) in [6, 6.07) is 6.55. The lowest BCUT2D eigenvalue weighted by molar-refractivity contribution is 0.0236. The molecule has 0 aliphatic heterocycles. The first-order valence-corrected chi connectivity index (χ1v) is 7.78. The molecule has 19 heavy (non-hydrogen) atoms. The van der Waals surface area contributed by atoms with Crippen LogP contribution < -0.4 is 4.72 Å².